The molecule has 1 amide bonds. The Bertz CT molecular complexity index is 478. The van der Waals surface area contributed by atoms with Gasteiger partial charge in [-0.15, -0.1) is 11.6 Å². The molecule has 2 rings (SSSR count). The minimum atomic E-state index is -0.168. The fourth-order valence-corrected chi connectivity index (χ4v) is 2.90. The molecule has 1 aromatic rings. The molecule has 2 atom stereocenters. The van der Waals surface area contributed by atoms with E-state index < -0.39 is 0 Å². The number of ether oxygens (including phenoxy) is 2. The summed E-state index contributed by atoms with van der Waals surface area (Å²) in [5, 5.41) is 3.01. The van der Waals surface area contributed by atoms with E-state index in [0.717, 1.165) is 25.7 Å². The van der Waals surface area contributed by atoms with Crippen LogP contribution in [0.2, 0.25) is 0 Å². The first-order chi connectivity index (χ1) is 9.67. The van der Waals surface area contributed by atoms with Crippen LogP contribution >= 0.6 is 11.6 Å². The van der Waals surface area contributed by atoms with Crippen molar-refractivity contribution in [1.82, 2.24) is 5.32 Å². The van der Waals surface area contributed by atoms with Crippen LogP contribution in [0.1, 0.15) is 36.0 Å². The molecule has 2 unspecified atom stereocenters. The zero-order chi connectivity index (χ0) is 14.5. The number of benzene rings is 1. The molecule has 0 saturated heterocycles. The maximum Gasteiger partial charge on any atom is 0.255 e. The lowest BCUT2D eigenvalue weighted by molar-refractivity contribution is 0.0925. The first kappa shape index (κ1) is 15.0. The van der Waals surface area contributed by atoms with E-state index >= 15 is 0 Å². The van der Waals surface area contributed by atoms with Crippen molar-refractivity contribution in [2.24, 2.45) is 0 Å². The van der Waals surface area contributed by atoms with E-state index in [0.29, 0.717) is 17.1 Å². The number of nitrogens with one attached hydrogen (secondary N) is 1. The summed E-state index contributed by atoms with van der Waals surface area (Å²) in [5.74, 6) is 0.832. The van der Waals surface area contributed by atoms with E-state index in [1.54, 1.807) is 25.3 Å². The third kappa shape index (κ3) is 3.18. The second kappa shape index (κ2) is 6.84. The van der Waals surface area contributed by atoms with Gasteiger partial charge in [0.15, 0.2) is 11.5 Å². The molecule has 4 nitrogen and oxygen atoms in total. The number of amides is 1. The van der Waals surface area contributed by atoms with Gasteiger partial charge >= 0.3 is 0 Å². The van der Waals surface area contributed by atoms with Gasteiger partial charge in [0, 0.05) is 6.04 Å². The molecule has 1 N–H and O–H groups in total. The van der Waals surface area contributed by atoms with Gasteiger partial charge in [-0.3, -0.25) is 4.79 Å². The predicted molar refractivity (Wildman–Crippen MR) is 78.9 cm³/mol. The maximum absolute atomic E-state index is 12.4. The van der Waals surface area contributed by atoms with Crippen LogP contribution in [0, 0.1) is 0 Å². The van der Waals surface area contributed by atoms with Crippen molar-refractivity contribution in [2.45, 2.75) is 37.1 Å². The van der Waals surface area contributed by atoms with Gasteiger partial charge in [-0.1, -0.05) is 18.9 Å². The molecule has 1 aliphatic carbocycles. The summed E-state index contributed by atoms with van der Waals surface area (Å²) < 4.78 is 10.5. The largest absolute Gasteiger partial charge is 0.493 e. The fourth-order valence-electron chi connectivity index (χ4n) is 2.56. The SMILES string of the molecule is COc1cccc(C(=O)NC2CCCCC2Cl)c1OC. The number of rotatable bonds is 4. The average molecular weight is 298 g/mol. The Morgan fingerprint density at radius 3 is 2.65 bits per heavy atom. The molecule has 1 fully saturated rings. The van der Waals surface area contributed by atoms with E-state index in [9.17, 15) is 4.79 Å². The lowest BCUT2D eigenvalue weighted by Crippen LogP contribution is -2.42. The Labute approximate surface area is 124 Å². The van der Waals surface area contributed by atoms with Gasteiger partial charge in [0.05, 0.1) is 25.2 Å². The highest BCUT2D eigenvalue weighted by molar-refractivity contribution is 6.21. The van der Waals surface area contributed by atoms with E-state index in [1.165, 1.54) is 7.11 Å². The van der Waals surface area contributed by atoms with E-state index in [-0.39, 0.29) is 17.3 Å². The van der Waals surface area contributed by atoms with Crippen LogP contribution in [-0.2, 0) is 0 Å². The number of carbonyl (C=O) groups excluding carboxylic acids is 1. The van der Waals surface area contributed by atoms with E-state index in [1.807, 2.05) is 0 Å². The van der Waals surface area contributed by atoms with Gasteiger partial charge in [-0.2, -0.15) is 0 Å². The van der Waals surface area contributed by atoms with E-state index in [4.69, 9.17) is 21.1 Å². The van der Waals surface area contributed by atoms with Gasteiger partial charge in [0.2, 0.25) is 0 Å². The Balaban J connectivity index is 2.16. The zero-order valence-corrected chi connectivity index (χ0v) is 12.6. The monoisotopic (exact) mass is 297 g/mol. The third-order valence-electron chi connectivity index (χ3n) is 3.65. The average Bonchev–Trinajstić information content (AvgIpc) is 2.48. The van der Waals surface area contributed by atoms with Crippen LogP contribution in [0.4, 0.5) is 0 Å². The number of hydrogen-bond acceptors (Lipinski definition) is 3. The molecule has 0 bridgehead atoms. The highest BCUT2D eigenvalue weighted by Gasteiger charge is 2.26. The van der Waals surface area contributed by atoms with Gasteiger partial charge in [0.25, 0.3) is 5.91 Å². The maximum atomic E-state index is 12.4. The molecule has 0 radical (unpaired) electrons. The van der Waals surface area contributed by atoms with Crippen molar-refractivity contribution in [1.29, 1.82) is 0 Å². The van der Waals surface area contributed by atoms with Crippen molar-refractivity contribution < 1.29 is 14.3 Å². The summed E-state index contributed by atoms with van der Waals surface area (Å²) >= 11 is 6.28. The molecule has 1 saturated carbocycles. The number of alkyl halides is 1. The van der Waals surface area contributed by atoms with Crippen LogP contribution in [0.15, 0.2) is 18.2 Å². The second-order valence-corrected chi connectivity index (χ2v) is 5.48. The van der Waals surface area contributed by atoms with Crippen LogP contribution in [0.3, 0.4) is 0 Å². The second-order valence-electron chi connectivity index (χ2n) is 4.92. The van der Waals surface area contributed by atoms with Crippen LogP contribution in [0.5, 0.6) is 11.5 Å². The number of carbonyl (C=O) groups is 1. The Morgan fingerprint density at radius 2 is 2.00 bits per heavy atom. The molecule has 0 aromatic heterocycles. The van der Waals surface area contributed by atoms with Gasteiger partial charge in [0.1, 0.15) is 0 Å². The van der Waals surface area contributed by atoms with Crippen molar-refractivity contribution >= 4 is 17.5 Å². The minimum Gasteiger partial charge on any atom is -0.493 e. The summed E-state index contributed by atoms with van der Waals surface area (Å²) in [6.45, 7) is 0. The number of para-hydroxylation sites is 1. The molecule has 1 aliphatic rings. The van der Waals surface area contributed by atoms with Crippen molar-refractivity contribution in [2.75, 3.05) is 14.2 Å². The third-order valence-corrected chi connectivity index (χ3v) is 4.17. The highest BCUT2D eigenvalue weighted by Crippen LogP contribution is 2.31. The summed E-state index contributed by atoms with van der Waals surface area (Å²) in [4.78, 5) is 12.4. The Kier molecular flexibility index (Phi) is 5.12. The first-order valence-electron chi connectivity index (χ1n) is 6.83. The molecular weight excluding hydrogens is 278 g/mol. The van der Waals surface area contributed by atoms with Crippen molar-refractivity contribution in [3.05, 3.63) is 23.8 Å². The summed E-state index contributed by atoms with van der Waals surface area (Å²) in [7, 11) is 3.08. The minimum absolute atomic E-state index is 0.00398. The first-order valence-corrected chi connectivity index (χ1v) is 7.27. The van der Waals surface area contributed by atoms with Crippen LogP contribution in [-0.4, -0.2) is 31.5 Å². The quantitative estimate of drug-likeness (QED) is 0.869. The molecule has 0 heterocycles. The molecule has 20 heavy (non-hydrogen) atoms. The predicted octanol–water partition coefficient (Wildman–Crippen LogP) is 2.98. The normalized spacial score (nSPS) is 22.1. The summed E-state index contributed by atoms with van der Waals surface area (Å²) in [6, 6.07) is 5.28. The van der Waals surface area contributed by atoms with Crippen molar-refractivity contribution in [3.63, 3.8) is 0 Å². The van der Waals surface area contributed by atoms with Gasteiger partial charge in [-0.25, -0.2) is 0 Å². The van der Waals surface area contributed by atoms with E-state index in [2.05, 4.69) is 5.32 Å². The van der Waals surface area contributed by atoms with Gasteiger partial charge < -0.3 is 14.8 Å². The molecular formula is C15H20ClNO3. The lowest BCUT2D eigenvalue weighted by atomic mass is 9.94. The lowest BCUT2D eigenvalue weighted by Gasteiger charge is -2.28. The topological polar surface area (TPSA) is 47.6 Å². The Morgan fingerprint density at radius 1 is 1.25 bits per heavy atom. The number of methoxy groups -OCH3 is 2. The molecule has 0 aliphatic heterocycles. The Hall–Kier alpha value is -1.42. The summed E-state index contributed by atoms with van der Waals surface area (Å²) in [6.07, 6.45) is 4.10. The fraction of sp³-hybridized carbons (Fsp3) is 0.533. The molecule has 0 spiro atoms. The number of hydrogen-bond donors (Lipinski definition) is 1. The smallest absolute Gasteiger partial charge is 0.255 e. The van der Waals surface area contributed by atoms with Gasteiger partial charge in [-0.05, 0) is 25.0 Å². The summed E-state index contributed by atoms with van der Waals surface area (Å²) in [5.41, 5.74) is 0.473. The zero-order valence-electron chi connectivity index (χ0n) is 11.8. The van der Waals surface area contributed by atoms with Crippen LogP contribution in [0.25, 0.3) is 0 Å². The standard InChI is InChI=1S/C15H20ClNO3/c1-19-13-9-5-6-10(14(13)20-2)15(18)17-12-8-4-3-7-11(12)16/h5-6,9,11-12H,3-4,7-8H2,1-2H3,(H,17,18). The van der Waals surface area contributed by atoms with Crippen molar-refractivity contribution in [3.8, 4) is 11.5 Å². The molecule has 5 heteroatoms. The molecule has 1 aromatic carbocycles. The molecule has 110 valence electrons. The highest BCUT2D eigenvalue weighted by atomic mass is 35.5. The number of halogens is 1. The van der Waals surface area contributed by atoms with Crippen LogP contribution < -0.4 is 14.8 Å².